The lowest BCUT2D eigenvalue weighted by Crippen LogP contribution is -2.36. The number of aliphatic hydroxyl groups excluding tert-OH is 1. The van der Waals surface area contributed by atoms with Gasteiger partial charge >= 0.3 is 0 Å². The molecule has 0 aromatic carbocycles. The largest absolute Gasteiger partial charge is 0.395 e. The maximum atomic E-state index is 9.27. The van der Waals surface area contributed by atoms with Crippen LogP contribution in [0.3, 0.4) is 0 Å². The standard InChI is InChI=1S/C14H19N3OS/c1-10(2)13(8-18)16-7-11-9-19-14(17-11)12-5-3-4-6-15-12/h3-6,9-10,13,16,18H,7-8H2,1-2H3. The summed E-state index contributed by atoms with van der Waals surface area (Å²) in [6.45, 7) is 5.00. The minimum absolute atomic E-state index is 0.111. The summed E-state index contributed by atoms with van der Waals surface area (Å²) in [5, 5.41) is 15.6. The second-order valence-electron chi connectivity index (χ2n) is 4.77. The van der Waals surface area contributed by atoms with E-state index >= 15 is 0 Å². The Morgan fingerprint density at radius 3 is 2.84 bits per heavy atom. The van der Waals surface area contributed by atoms with Crippen LogP contribution in [0.25, 0.3) is 10.7 Å². The Labute approximate surface area is 117 Å². The molecule has 5 heteroatoms. The monoisotopic (exact) mass is 277 g/mol. The highest BCUT2D eigenvalue weighted by Gasteiger charge is 2.12. The Kier molecular flexibility index (Phi) is 5.01. The number of thiazole rings is 1. The third kappa shape index (κ3) is 3.83. The van der Waals surface area contributed by atoms with Gasteiger partial charge in [0, 0.05) is 24.2 Å². The van der Waals surface area contributed by atoms with Gasteiger partial charge < -0.3 is 10.4 Å². The maximum absolute atomic E-state index is 9.27. The van der Waals surface area contributed by atoms with E-state index in [9.17, 15) is 5.11 Å². The minimum atomic E-state index is 0.111. The molecule has 0 saturated carbocycles. The van der Waals surface area contributed by atoms with E-state index in [1.54, 1.807) is 17.5 Å². The van der Waals surface area contributed by atoms with Crippen molar-refractivity contribution in [3.63, 3.8) is 0 Å². The van der Waals surface area contributed by atoms with Gasteiger partial charge in [-0.1, -0.05) is 19.9 Å². The van der Waals surface area contributed by atoms with Crippen molar-refractivity contribution in [3.05, 3.63) is 35.5 Å². The lowest BCUT2D eigenvalue weighted by atomic mass is 10.1. The SMILES string of the molecule is CC(C)C(CO)NCc1csc(-c2ccccn2)n1. The molecule has 2 aromatic heterocycles. The van der Waals surface area contributed by atoms with Crippen LogP contribution in [0, 0.1) is 5.92 Å². The van der Waals surface area contributed by atoms with Crippen LogP contribution in [0.5, 0.6) is 0 Å². The number of aliphatic hydroxyl groups is 1. The zero-order chi connectivity index (χ0) is 13.7. The first-order chi connectivity index (χ1) is 9.20. The highest BCUT2D eigenvalue weighted by molar-refractivity contribution is 7.13. The van der Waals surface area contributed by atoms with Gasteiger partial charge in [-0.2, -0.15) is 0 Å². The summed E-state index contributed by atoms with van der Waals surface area (Å²) < 4.78 is 0. The summed E-state index contributed by atoms with van der Waals surface area (Å²) in [4.78, 5) is 8.85. The van der Waals surface area contributed by atoms with Crippen LogP contribution in [0.2, 0.25) is 0 Å². The van der Waals surface area contributed by atoms with E-state index < -0.39 is 0 Å². The smallest absolute Gasteiger partial charge is 0.142 e. The molecule has 0 fully saturated rings. The third-order valence-electron chi connectivity index (χ3n) is 2.98. The number of hydrogen-bond donors (Lipinski definition) is 2. The first kappa shape index (κ1) is 14.1. The number of aromatic nitrogens is 2. The molecule has 2 heterocycles. The fourth-order valence-electron chi connectivity index (χ4n) is 1.74. The lowest BCUT2D eigenvalue weighted by Gasteiger charge is -2.19. The van der Waals surface area contributed by atoms with Crippen molar-refractivity contribution >= 4 is 11.3 Å². The predicted molar refractivity (Wildman–Crippen MR) is 77.9 cm³/mol. The van der Waals surface area contributed by atoms with Crippen molar-refractivity contribution in [3.8, 4) is 10.7 Å². The second-order valence-corrected chi connectivity index (χ2v) is 5.63. The lowest BCUT2D eigenvalue weighted by molar-refractivity contribution is 0.210. The molecule has 2 aromatic rings. The molecule has 19 heavy (non-hydrogen) atoms. The number of hydrogen-bond acceptors (Lipinski definition) is 5. The van der Waals surface area contributed by atoms with Crippen LogP contribution < -0.4 is 5.32 Å². The van der Waals surface area contributed by atoms with Crippen LogP contribution in [-0.2, 0) is 6.54 Å². The van der Waals surface area contributed by atoms with E-state index in [2.05, 4.69) is 29.1 Å². The highest BCUT2D eigenvalue weighted by atomic mass is 32.1. The number of rotatable bonds is 6. The minimum Gasteiger partial charge on any atom is -0.395 e. The molecular weight excluding hydrogens is 258 g/mol. The topological polar surface area (TPSA) is 58.0 Å². The maximum Gasteiger partial charge on any atom is 0.142 e. The van der Waals surface area contributed by atoms with Gasteiger partial charge in [0.15, 0.2) is 0 Å². The Hall–Kier alpha value is -1.30. The molecule has 0 amide bonds. The highest BCUT2D eigenvalue weighted by Crippen LogP contribution is 2.21. The molecule has 0 bridgehead atoms. The van der Waals surface area contributed by atoms with Crippen LogP contribution in [0.1, 0.15) is 19.5 Å². The quantitative estimate of drug-likeness (QED) is 0.850. The summed E-state index contributed by atoms with van der Waals surface area (Å²) in [5.74, 6) is 0.402. The molecule has 0 spiro atoms. The normalized spacial score (nSPS) is 12.8. The van der Waals surface area contributed by atoms with Gasteiger partial charge in [0.25, 0.3) is 0 Å². The van der Waals surface area contributed by atoms with E-state index in [-0.39, 0.29) is 12.6 Å². The van der Waals surface area contributed by atoms with Crippen molar-refractivity contribution in [1.29, 1.82) is 0 Å². The summed E-state index contributed by atoms with van der Waals surface area (Å²) >= 11 is 1.59. The molecule has 102 valence electrons. The molecule has 0 aliphatic rings. The summed E-state index contributed by atoms with van der Waals surface area (Å²) in [7, 11) is 0. The van der Waals surface area contributed by atoms with Gasteiger partial charge in [0.1, 0.15) is 5.01 Å². The van der Waals surface area contributed by atoms with Gasteiger partial charge in [-0.05, 0) is 18.1 Å². The van der Waals surface area contributed by atoms with Gasteiger partial charge in [-0.3, -0.25) is 4.98 Å². The van der Waals surface area contributed by atoms with Crippen molar-refractivity contribution in [2.75, 3.05) is 6.61 Å². The Balaban J connectivity index is 1.98. The molecule has 2 rings (SSSR count). The predicted octanol–water partition coefficient (Wildman–Crippen LogP) is 2.31. The molecule has 2 N–H and O–H groups in total. The fourth-order valence-corrected chi connectivity index (χ4v) is 2.54. The first-order valence-corrected chi connectivity index (χ1v) is 7.28. The van der Waals surface area contributed by atoms with E-state index in [1.807, 2.05) is 23.6 Å². The van der Waals surface area contributed by atoms with E-state index in [0.717, 1.165) is 16.4 Å². The van der Waals surface area contributed by atoms with Gasteiger partial charge in [0.05, 0.1) is 18.0 Å². The van der Waals surface area contributed by atoms with E-state index in [1.165, 1.54) is 0 Å². The molecule has 0 radical (unpaired) electrons. The first-order valence-electron chi connectivity index (χ1n) is 6.40. The van der Waals surface area contributed by atoms with Crippen molar-refractivity contribution in [2.45, 2.75) is 26.4 Å². The summed E-state index contributed by atoms with van der Waals surface area (Å²) in [6.07, 6.45) is 1.77. The van der Waals surface area contributed by atoms with Crippen LogP contribution in [-0.4, -0.2) is 27.7 Å². The van der Waals surface area contributed by atoms with Gasteiger partial charge in [-0.15, -0.1) is 11.3 Å². The van der Waals surface area contributed by atoms with Crippen molar-refractivity contribution < 1.29 is 5.11 Å². The second kappa shape index (κ2) is 6.75. The zero-order valence-electron chi connectivity index (χ0n) is 11.2. The van der Waals surface area contributed by atoms with Crippen LogP contribution >= 0.6 is 11.3 Å². The average Bonchev–Trinajstić information content (AvgIpc) is 2.89. The molecule has 0 aliphatic carbocycles. The molecule has 0 aliphatic heterocycles. The molecule has 4 nitrogen and oxygen atoms in total. The van der Waals surface area contributed by atoms with Crippen LogP contribution in [0.4, 0.5) is 0 Å². The average molecular weight is 277 g/mol. The Bertz CT molecular complexity index is 498. The Morgan fingerprint density at radius 2 is 2.21 bits per heavy atom. The van der Waals surface area contributed by atoms with Crippen LogP contribution in [0.15, 0.2) is 29.8 Å². The summed E-state index contributed by atoms with van der Waals surface area (Å²) in [6, 6.07) is 5.93. The molecule has 1 atom stereocenters. The zero-order valence-corrected chi connectivity index (χ0v) is 12.0. The van der Waals surface area contributed by atoms with Crippen molar-refractivity contribution in [2.24, 2.45) is 5.92 Å². The summed E-state index contributed by atoms with van der Waals surface area (Å²) in [5.41, 5.74) is 1.89. The molecular formula is C14H19N3OS. The van der Waals surface area contributed by atoms with E-state index in [4.69, 9.17) is 0 Å². The van der Waals surface area contributed by atoms with Gasteiger partial charge in [-0.25, -0.2) is 4.98 Å². The van der Waals surface area contributed by atoms with Gasteiger partial charge in [0.2, 0.25) is 0 Å². The third-order valence-corrected chi connectivity index (χ3v) is 3.90. The fraction of sp³-hybridized carbons (Fsp3) is 0.429. The molecule has 1 unspecified atom stereocenters. The Morgan fingerprint density at radius 1 is 1.37 bits per heavy atom. The number of nitrogens with zero attached hydrogens (tertiary/aromatic N) is 2. The molecule has 0 saturated heterocycles. The number of nitrogens with one attached hydrogen (secondary N) is 1. The van der Waals surface area contributed by atoms with E-state index in [0.29, 0.717) is 12.5 Å². The number of pyridine rings is 1. The van der Waals surface area contributed by atoms with Crippen molar-refractivity contribution in [1.82, 2.24) is 15.3 Å².